The van der Waals surface area contributed by atoms with Gasteiger partial charge in [-0.1, -0.05) is 121 Å². The fraction of sp³-hybridized carbons (Fsp3) is 0.625. The molecular weight excluding hydrogens is 489 g/mol. The molecule has 1 nitrogen and oxygen atoms in total. The first-order chi connectivity index (χ1) is 16.6. The van der Waals surface area contributed by atoms with Crippen LogP contribution in [0.3, 0.4) is 0 Å². The Morgan fingerprint density at radius 2 is 1.20 bits per heavy atom. The minimum atomic E-state index is -0.383. The van der Waals surface area contributed by atoms with E-state index in [-0.39, 0.29) is 22.0 Å². The van der Waals surface area contributed by atoms with Crippen LogP contribution in [0.5, 0.6) is 0 Å². The first-order valence-electron chi connectivity index (χ1n) is 14.3. The molecule has 1 aliphatic rings. The Labute approximate surface area is 230 Å². The van der Waals surface area contributed by atoms with Crippen molar-refractivity contribution < 1.29 is 16.5 Å². The Hall–Kier alpha value is -0.756. The molecule has 0 saturated heterocycles. The summed E-state index contributed by atoms with van der Waals surface area (Å²) < 4.78 is 0. The van der Waals surface area contributed by atoms with Crippen LogP contribution in [0.25, 0.3) is 0 Å². The van der Waals surface area contributed by atoms with Crippen LogP contribution in [0.1, 0.15) is 126 Å². The molecule has 0 saturated carbocycles. The average molecular weight is 539 g/mol. The SMILES string of the molecule is CCCCCCCCc1ccc(C2(N)c3ccc(CCCCCCCC)cc3SC2CC)cc1.[Ni]. The molecule has 1 heterocycles. The quantitative estimate of drug-likeness (QED) is 0.170. The molecule has 0 bridgehead atoms. The molecule has 1 aliphatic heterocycles. The maximum atomic E-state index is 7.26. The van der Waals surface area contributed by atoms with Crippen molar-refractivity contribution in [2.24, 2.45) is 5.73 Å². The second-order valence-electron chi connectivity index (χ2n) is 10.4. The minimum Gasteiger partial charge on any atom is -0.317 e. The zero-order valence-electron chi connectivity index (χ0n) is 22.5. The van der Waals surface area contributed by atoms with E-state index in [1.54, 1.807) is 0 Å². The number of benzene rings is 2. The van der Waals surface area contributed by atoms with Gasteiger partial charge in [0.2, 0.25) is 0 Å². The monoisotopic (exact) mass is 537 g/mol. The Morgan fingerprint density at radius 3 is 1.77 bits per heavy atom. The maximum absolute atomic E-state index is 7.26. The van der Waals surface area contributed by atoms with Gasteiger partial charge in [-0.25, -0.2) is 0 Å². The molecule has 35 heavy (non-hydrogen) atoms. The van der Waals surface area contributed by atoms with Crippen LogP contribution < -0.4 is 5.73 Å². The van der Waals surface area contributed by atoms with E-state index in [2.05, 4.69) is 63.2 Å². The molecule has 0 aromatic heterocycles. The minimum absolute atomic E-state index is 0. The summed E-state index contributed by atoms with van der Waals surface area (Å²) in [6, 6.07) is 16.4. The Kier molecular flexibility index (Phi) is 14.1. The number of hydrogen-bond acceptors (Lipinski definition) is 2. The van der Waals surface area contributed by atoms with Gasteiger partial charge in [0.05, 0.1) is 5.54 Å². The summed E-state index contributed by atoms with van der Waals surface area (Å²) in [5.41, 5.74) is 12.4. The number of fused-ring (bicyclic) bond motifs is 1. The van der Waals surface area contributed by atoms with Crippen LogP contribution >= 0.6 is 11.8 Å². The second-order valence-corrected chi connectivity index (χ2v) is 11.7. The van der Waals surface area contributed by atoms with Gasteiger partial charge in [-0.3, -0.25) is 0 Å². The van der Waals surface area contributed by atoms with E-state index in [4.69, 9.17) is 5.73 Å². The first-order valence-corrected chi connectivity index (χ1v) is 15.2. The maximum Gasteiger partial charge on any atom is 0.0800 e. The molecule has 2 aromatic carbocycles. The molecule has 3 heteroatoms. The fourth-order valence-corrected chi connectivity index (χ4v) is 7.00. The van der Waals surface area contributed by atoms with Gasteiger partial charge in [0, 0.05) is 26.6 Å². The van der Waals surface area contributed by atoms with Gasteiger partial charge in [0.25, 0.3) is 0 Å². The topological polar surface area (TPSA) is 26.0 Å². The number of thioether (sulfide) groups is 1. The van der Waals surface area contributed by atoms with E-state index in [0.29, 0.717) is 5.25 Å². The number of hydrogen-bond donors (Lipinski definition) is 1. The zero-order chi connectivity index (χ0) is 24.2. The van der Waals surface area contributed by atoms with E-state index in [1.807, 2.05) is 11.8 Å². The molecule has 2 N–H and O–H groups in total. The number of unbranched alkanes of at least 4 members (excludes halogenated alkanes) is 10. The summed E-state index contributed by atoms with van der Waals surface area (Å²) in [5, 5.41) is 0.399. The number of rotatable bonds is 16. The molecular formula is C32H49NNiS. The third-order valence-corrected chi connectivity index (χ3v) is 9.29. The molecule has 198 valence electrons. The molecule has 3 rings (SSSR count). The summed E-state index contributed by atoms with van der Waals surface area (Å²) in [5.74, 6) is 0. The Morgan fingerprint density at radius 1 is 0.686 bits per heavy atom. The Bertz CT molecular complexity index is 849. The first kappa shape index (κ1) is 30.5. The fourth-order valence-electron chi connectivity index (χ4n) is 5.49. The van der Waals surface area contributed by atoms with Crippen LogP contribution in [-0.2, 0) is 34.9 Å². The van der Waals surface area contributed by atoms with Crippen LogP contribution in [0.4, 0.5) is 0 Å². The van der Waals surface area contributed by atoms with Crippen molar-refractivity contribution >= 4 is 11.8 Å². The standard InChI is InChI=1S/C32H49NS.Ni/c1-4-7-9-11-13-15-17-26-19-22-28(23-20-26)32(33)29-24-21-27(18-16-14-12-10-8-5-2)25-30(29)34-31(32)6-3;/h19-25,31H,4-18,33H2,1-3H3;. The molecule has 2 aromatic rings. The third kappa shape index (κ3) is 8.38. The molecule has 0 fully saturated rings. The molecule has 0 radical (unpaired) electrons. The van der Waals surface area contributed by atoms with E-state index in [1.165, 1.54) is 117 Å². The van der Waals surface area contributed by atoms with Crippen molar-refractivity contribution in [1.82, 2.24) is 0 Å². The van der Waals surface area contributed by atoms with Crippen LogP contribution in [-0.4, -0.2) is 5.25 Å². The summed E-state index contributed by atoms with van der Waals surface area (Å²) in [6.45, 7) is 6.86. The van der Waals surface area contributed by atoms with Crippen LogP contribution in [0.2, 0.25) is 0 Å². The van der Waals surface area contributed by atoms with Crippen molar-refractivity contribution in [3.05, 3.63) is 64.7 Å². The largest absolute Gasteiger partial charge is 0.317 e. The zero-order valence-corrected chi connectivity index (χ0v) is 24.3. The van der Waals surface area contributed by atoms with Crippen LogP contribution in [0, 0.1) is 0 Å². The van der Waals surface area contributed by atoms with Gasteiger partial charge >= 0.3 is 0 Å². The molecule has 0 aliphatic carbocycles. The predicted octanol–water partition coefficient (Wildman–Crippen LogP) is 9.58. The molecule has 0 spiro atoms. The normalized spacial score (nSPS) is 18.9. The van der Waals surface area contributed by atoms with Gasteiger partial charge < -0.3 is 5.73 Å². The van der Waals surface area contributed by atoms with Gasteiger partial charge in [-0.05, 0) is 60.4 Å². The van der Waals surface area contributed by atoms with Gasteiger partial charge in [-0.2, -0.15) is 0 Å². The van der Waals surface area contributed by atoms with Gasteiger partial charge in [0.1, 0.15) is 0 Å². The van der Waals surface area contributed by atoms with Crippen molar-refractivity contribution in [1.29, 1.82) is 0 Å². The van der Waals surface area contributed by atoms with E-state index in [0.717, 1.165) is 6.42 Å². The third-order valence-electron chi connectivity index (χ3n) is 7.71. The van der Waals surface area contributed by atoms with E-state index >= 15 is 0 Å². The van der Waals surface area contributed by atoms with Crippen LogP contribution in [0.15, 0.2) is 47.4 Å². The molecule has 2 unspecified atom stereocenters. The Balaban J connectivity index is 0.00000432. The summed E-state index contributed by atoms with van der Waals surface area (Å²) in [7, 11) is 0. The summed E-state index contributed by atoms with van der Waals surface area (Å²) in [4.78, 5) is 1.41. The predicted molar refractivity (Wildman–Crippen MR) is 152 cm³/mol. The molecule has 2 atom stereocenters. The summed E-state index contributed by atoms with van der Waals surface area (Å²) in [6.07, 6.45) is 19.7. The smallest absolute Gasteiger partial charge is 0.0800 e. The van der Waals surface area contributed by atoms with E-state index < -0.39 is 0 Å². The average Bonchev–Trinajstić information content (AvgIpc) is 3.16. The number of nitrogens with two attached hydrogens (primary N) is 1. The van der Waals surface area contributed by atoms with E-state index in [9.17, 15) is 0 Å². The van der Waals surface area contributed by atoms with Crippen molar-refractivity contribution in [2.75, 3.05) is 0 Å². The van der Waals surface area contributed by atoms with Gasteiger partial charge in [0.15, 0.2) is 0 Å². The number of aryl methyl sites for hydroxylation is 2. The van der Waals surface area contributed by atoms with Crippen molar-refractivity contribution in [3.63, 3.8) is 0 Å². The van der Waals surface area contributed by atoms with Gasteiger partial charge in [-0.15, -0.1) is 11.8 Å². The van der Waals surface area contributed by atoms with Crippen molar-refractivity contribution in [3.8, 4) is 0 Å². The van der Waals surface area contributed by atoms with Crippen molar-refractivity contribution in [2.45, 2.75) is 133 Å². The summed E-state index contributed by atoms with van der Waals surface area (Å²) >= 11 is 2.00. The second kappa shape index (κ2) is 16.2. The molecule has 0 amide bonds.